The molecule has 3 rings (SSSR count). The van der Waals surface area contributed by atoms with Crippen molar-refractivity contribution in [3.05, 3.63) is 30.0 Å². The molecule has 0 unspecified atom stereocenters. The van der Waals surface area contributed by atoms with Gasteiger partial charge in [-0.25, -0.2) is 4.79 Å². The molecule has 1 aliphatic heterocycles. The van der Waals surface area contributed by atoms with Gasteiger partial charge < -0.3 is 15.0 Å². The Balaban J connectivity index is 1.60. The average molecular weight is 358 g/mol. The molecule has 0 saturated carbocycles. The first-order valence-electron chi connectivity index (χ1n) is 9.02. The number of fused-ring (bicyclic) bond motifs is 1. The number of carbonyl (C=O) groups is 2. The van der Waals surface area contributed by atoms with Crippen LogP contribution in [0, 0.1) is 5.92 Å². The maximum absolute atomic E-state index is 12.9. The van der Waals surface area contributed by atoms with E-state index in [0.29, 0.717) is 18.7 Å². The molecule has 0 aliphatic carbocycles. The molecular formula is C19H26N4O3. The van der Waals surface area contributed by atoms with Gasteiger partial charge in [-0.3, -0.25) is 9.89 Å². The molecular weight excluding hydrogens is 332 g/mol. The van der Waals surface area contributed by atoms with Crippen LogP contribution in [-0.2, 0) is 4.74 Å². The van der Waals surface area contributed by atoms with Crippen molar-refractivity contribution in [3.8, 4) is 0 Å². The fourth-order valence-corrected chi connectivity index (χ4v) is 3.28. The summed E-state index contributed by atoms with van der Waals surface area (Å²) in [5, 5.41) is 10.7. The summed E-state index contributed by atoms with van der Waals surface area (Å²) < 4.78 is 5.27. The van der Waals surface area contributed by atoms with E-state index in [0.717, 1.165) is 30.3 Å². The van der Waals surface area contributed by atoms with Gasteiger partial charge in [-0.1, -0.05) is 12.1 Å². The smallest absolute Gasteiger partial charge is 0.407 e. The number of piperidine rings is 1. The highest BCUT2D eigenvalue weighted by atomic mass is 16.6. The Kier molecular flexibility index (Phi) is 5.15. The zero-order valence-electron chi connectivity index (χ0n) is 15.5. The summed E-state index contributed by atoms with van der Waals surface area (Å²) in [5.41, 5.74) is 0.897. The lowest BCUT2D eigenvalue weighted by molar-refractivity contribution is 0.0503. The number of aromatic nitrogens is 2. The summed E-state index contributed by atoms with van der Waals surface area (Å²) >= 11 is 0. The Hall–Kier alpha value is -2.57. The van der Waals surface area contributed by atoms with Crippen molar-refractivity contribution >= 4 is 22.9 Å². The SMILES string of the molecule is CC(C)(C)OC(=O)NC[C@H]1CCCN(C(=O)c2cccc3cn[nH]c23)C1. The first-order valence-corrected chi connectivity index (χ1v) is 9.02. The molecule has 140 valence electrons. The van der Waals surface area contributed by atoms with Crippen molar-refractivity contribution in [2.45, 2.75) is 39.2 Å². The highest BCUT2D eigenvalue weighted by Gasteiger charge is 2.26. The number of hydrogen-bond donors (Lipinski definition) is 2. The van der Waals surface area contributed by atoms with Gasteiger partial charge in [-0.05, 0) is 45.6 Å². The van der Waals surface area contributed by atoms with E-state index in [1.54, 1.807) is 6.20 Å². The Bertz CT molecular complexity index is 793. The zero-order chi connectivity index (χ0) is 18.7. The van der Waals surface area contributed by atoms with Crippen LogP contribution in [0.15, 0.2) is 24.4 Å². The molecule has 1 saturated heterocycles. The van der Waals surface area contributed by atoms with Gasteiger partial charge in [-0.2, -0.15) is 5.10 Å². The summed E-state index contributed by atoms with van der Waals surface area (Å²) in [4.78, 5) is 26.6. The highest BCUT2D eigenvalue weighted by molar-refractivity contribution is 6.05. The molecule has 1 aromatic heterocycles. The number of para-hydroxylation sites is 1. The predicted octanol–water partition coefficient (Wildman–Crippen LogP) is 2.94. The molecule has 26 heavy (non-hydrogen) atoms. The molecule has 0 bridgehead atoms. The number of nitrogens with one attached hydrogen (secondary N) is 2. The van der Waals surface area contributed by atoms with Gasteiger partial charge in [0.25, 0.3) is 5.91 Å². The van der Waals surface area contributed by atoms with Crippen LogP contribution in [0.4, 0.5) is 4.79 Å². The maximum atomic E-state index is 12.9. The second kappa shape index (κ2) is 7.35. The zero-order valence-corrected chi connectivity index (χ0v) is 15.5. The Labute approximate surface area is 153 Å². The van der Waals surface area contributed by atoms with E-state index in [4.69, 9.17) is 4.74 Å². The van der Waals surface area contributed by atoms with Crippen molar-refractivity contribution < 1.29 is 14.3 Å². The number of H-pyrrole nitrogens is 1. The lowest BCUT2D eigenvalue weighted by Crippen LogP contribution is -2.44. The van der Waals surface area contributed by atoms with Crippen LogP contribution in [-0.4, -0.2) is 52.3 Å². The summed E-state index contributed by atoms with van der Waals surface area (Å²) in [5.74, 6) is 0.225. The maximum Gasteiger partial charge on any atom is 0.407 e. The van der Waals surface area contributed by atoms with E-state index in [-0.39, 0.29) is 11.8 Å². The fraction of sp³-hybridized carbons (Fsp3) is 0.526. The monoisotopic (exact) mass is 358 g/mol. The topological polar surface area (TPSA) is 87.3 Å². The summed E-state index contributed by atoms with van der Waals surface area (Å²) in [7, 11) is 0. The van der Waals surface area contributed by atoms with Crippen LogP contribution in [0.5, 0.6) is 0 Å². The number of benzene rings is 1. The van der Waals surface area contributed by atoms with Crippen LogP contribution in [0.25, 0.3) is 10.9 Å². The molecule has 7 nitrogen and oxygen atoms in total. The summed E-state index contributed by atoms with van der Waals surface area (Å²) in [6.07, 6.45) is 3.21. The number of rotatable bonds is 3. The van der Waals surface area contributed by atoms with E-state index < -0.39 is 11.7 Å². The Morgan fingerprint density at radius 3 is 2.96 bits per heavy atom. The van der Waals surface area contributed by atoms with E-state index in [2.05, 4.69) is 15.5 Å². The third-order valence-electron chi connectivity index (χ3n) is 4.45. The van der Waals surface area contributed by atoms with Gasteiger partial charge in [-0.15, -0.1) is 0 Å². The van der Waals surface area contributed by atoms with Crippen LogP contribution < -0.4 is 5.32 Å². The van der Waals surface area contributed by atoms with E-state index in [9.17, 15) is 9.59 Å². The molecule has 0 spiro atoms. The minimum Gasteiger partial charge on any atom is -0.444 e. The van der Waals surface area contributed by atoms with Gasteiger partial charge in [0.05, 0.1) is 17.3 Å². The second-order valence-electron chi connectivity index (χ2n) is 7.78. The molecule has 1 aromatic carbocycles. The van der Waals surface area contributed by atoms with Crippen molar-refractivity contribution in [3.63, 3.8) is 0 Å². The van der Waals surface area contributed by atoms with Crippen molar-refractivity contribution in [1.82, 2.24) is 20.4 Å². The molecule has 1 atom stereocenters. The average Bonchev–Trinajstić information content (AvgIpc) is 3.07. The molecule has 2 amide bonds. The van der Waals surface area contributed by atoms with Gasteiger partial charge in [0, 0.05) is 25.0 Å². The summed E-state index contributed by atoms with van der Waals surface area (Å²) in [6.45, 7) is 7.37. The number of carbonyl (C=O) groups excluding carboxylic acids is 2. The standard InChI is InChI=1S/C19H26N4O3/c1-19(2,3)26-18(25)20-10-13-6-5-9-23(12-13)17(24)15-8-4-7-14-11-21-22-16(14)15/h4,7-8,11,13H,5-6,9-10,12H2,1-3H3,(H,20,25)(H,21,22)/t13-/m1/s1. The third kappa shape index (κ3) is 4.33. The lowest BCUT2D eigenvalue weighted by atomic mass is 9.97. The van der Waals surface area contributed by atoms with Gasteiger partial charge in [0.1, 0.15) is 5.60 Å². The van der Waals surface area contributed by atoms with Crippen LogP contribution in [0.3, 0.4) is 0 Å². The van der Waals surface area contributed by atoms with Crippen molar-refractivity contribution in [2.75, 3.05) is 19.6 Å². The van der Waals surface area contributed by atoms with Gasteiger partial charge in [0.15, 0.2) is 0 Å². The number of ether oxygens (including phenoxy) is 1. The number of alkyl carbamates (subject to hydrolysis) is 1. The highest BCUT2D eigenvalue weighted by Crippen LogP contribution is 2.22. The van der Waals surface area contributed by atoms with E-state index in [1.165, 1.54) is 0 Å². The fourth-order valence-electron chi connectivity index (χ4n) is 3.28. The quantitative estimate of drug-likeness (QED) is 0.883. The minimum absolute atomic E-state index is 0.00168. The number of aromatic amines is 1. The molecule has 7 heteroatoms. The number of likely N-dealkylation sites (tertiary alicyclic amines) is 1. The molecule has 1 fully saturated rings. The molecule has 1 aliphatic rings. The van der Waals surface area contributed by atoms with Crippen LogP contribution >= 0.6 is 0 Å². The normalized spacial score (nSPS) is 18.0. The van der Waals surface area contributed by atoms with E-state index >= 15 is 0 Å². The lowest BCUT2D eigenvalue weighted by Gasteiger charge is -2.33. The number of nitrogens with zero attached hydrogens (tertiary/aromatic N) is 2. The Morgan fingerprint density at radius 2 is 2.19 bits per heavy atom. The van der Waals surface area contributed by atoms with Gasteiger partial charge >= 0.3 is 6.09 Å². The summed E-state index contributed by atoms with van der Waals surface area (Å²) in [6, 6.07) is 5.63. The Morgan fingerprint density at radius 1 is 1.38 bits per heavy atom. The first kappa shape index (κ1) is 18.2. The first-order chi connectivity index (χ1) is 12.3. The van der Waals surface area contributed by atoms with Crippen LogP contribution in [0.2, 0.25) is 0 Å². The molecule has 2 heterocycles. The third-order valence-corrected chi connectivity index (χ3v) is 4.45. The largest absolute Gasteiger partial charge is 0.444 e. The predicted molar refractivity (Wildman–Crippen MR) is 99.0 cm³/mol. The molecule has 0 radical (unpaired) electrons. The van der Waals surface area contributed by atoms with E-state index in [1.807, 2.05) is 43.9 Å². The molecule has 2 N–H and O–H groups in total. The molecule has 2 aromatic rings. The van der Waals surface area contributed by atoms with Crippen LogP contribution in [0.1, 0.15) is 44.0 Å². The second-order valence-corrected chi connectivity index (χ2v) is 7.78. The minimum atomic E-state index is -0.512. The van der Waals surface area contributed by atoms with Gasteiger partial charge in [0.2, 0.25) is 0 Å². The van der Waals surface area contributed by atoms with Crippen molar-refractivity contribution in [1.29, 1.82) is 0 Å². The van der Waals surface area contributed by atoms with Crippen molar-refractivity contribution in [2.24, 2.45) is 5.92 Å². The number of amides is 2. The number of hydrogen-bond acceptors (Lipinski definition) is 4.